The van der Waals surface area contributed by atoms with Gasteiger partial charge in [0, 0.05) is 0 Å². The zero-order chi connectivity index (χ0) is 19.3. The summed E-state index contributed by atoms with van der Waals surface area (Å²) in [6.07, 6.45) is 0. The second-order valence-electron chi connectivity index (χ2n) is 2.61. The van der Waals surface area contributed by atoms with Gasteiger partial charge in [0.1, 0.15) is 0 Å². The van der Waals surface area contributed by atoms with Crippen LogP contribution in [0.15, 0.2) is 0 Å². The van der Waals surface area contributed by atoms with Crippen LogP contribution in [0.4, 0.5) is 0 Å². The monoisotopic (exact) mass is 391 g/mol. The SMILES string of the molecule is CC[N+](CC)(CC)CC.[C-]#[O+].[C-]#[O+].[C-]#[O+].[C-]#[O+].[C-]#[O+].[C-]#[O+].[Nb-]. The van der Waals surface area contributed by atoms with Gasteiger partial charge in [0.15, 0.2) is 0 Å². The van der Waals surface area contributed by atoms with Crippen molar-refractivity contribution in [3.05, 3.63) is 39.9 Å². The molecule has 22 heavy (non-hydrogen) atoms. The normalized spacial score (nSPS) is 5.45. The summed E-state index contributed by atoms with van der Waals surface area (Å²) in [5, 5.41) is 0. The maximum Gasteiger partial charge on any atom is -1.00 e. The van der Waals surface area contributed by atoms with Crippen LogP contribution in [0, 0.1) is 39.9 Å². The van der Waals surface area contributed by atoms with Gasteiger partial charge in [0.2, 0.25) is 0 Å². The van der Waals surface area contributed by atoms with E-state index in [-0.39, 0.29) is 22.4 Å². The average Bonchev–Trinajstić information content (AvgIpc) is 2.67. The van der Waals surface area contributed by atoms with E-state index in [4.69, 9.17) is 27.9 Å². The Labute approximate surface area is 148 Å². The van der Waals surface area contributed by atoms with Crippen LogP contribution in [0.1, 0.15) is 27.7 Å². The zero-order valence-electron chi connectivity index (χ0n) is 13.2. The second-order valence-corrected chi connectivity index (χ2v) is 2.61. The molecule has 0 saturated heterocycles. The van der Waals surface area contributed by atoms with Crippen LogP contribution in [0.5, 0.6) is 0 Å². The Morgan fingerprint density at radius 1 is 0.455 bits per heavy atom. The predicted molar refractivity (Wildman–Crippen MR) is 66.0 cm³/mol. The maximum atomic E-state index is 7.50. The van der Waals surface area contributed by atoms with Crippen LogP contribution in [0.25, 0.3) is 0 Å². The third kappa shape index (κ3) is 50.8. The molecule has 8 heteroatoms. The molecule has 0 aromatic heterocycles. The molecule has 0 rings (SSSR count). The molecule has 0 aromatic carbocycles. The van der Waals surface area contributed by atoms with Crippen molar-refractivity contribution in [1.29, 1.82) is 0 Å². The Morgan fingerprint density at radius 3 is 0.545 bits per heavy atom. The maximum absolute atomic E-state index is 7.50. The molecule has 0 spiro atoms. The second kappa shape index (κ2) is 88.3. The van der Waals surface area contributed by atoms with Crippen LogP contribution in [-0.4, -0.2) is 30.7 Å². The van der Waals surface area contributed by atoms with Gasteiger partial charge in [-0.15, -0.1) is 0 Å². The minimum atomic E-state index is 0. The Morgan fingerprint density at radius 2 is 0.545 bits per heavy atom. The van der Waals surface area contributed by atoms with Crippen LogP contribution in [0.2, 0.25) is 0 Å². The summed E-state index contributed by atoms with van der Waals surface area (Å²) in [4.78, 5) is 0. The molecule has 0 unspecified atom stereocenters. The smallest absolute Gasteiger partial charge is 1.00 e. The van der Waals surface area contributed by atoms with Gasteiger partial charge >= 0.3 is 67.8 Å². The van der Waals surface area contributed by atoms with E-state index >= 15 is 0 Å². The van der Waals surface area contributed by atoms with Crippen LogP contribution in [0.3, 0.4) is 0 Å². The van der Waals surface area contributed by atoms with Crippen molar-refractivity contribution < 1.29 is 54.8 Å². The van der Waals surface area contributed by atoms with Crippen molar-refractivity contribution >= 4 is 0 Å². The van der Waals surface area contributed by atoms with E-state index in [0.29, 0.717) is 0 Å². The van der Waals surface area contributed by atoms with E-state index in [9.17, 15) is 0 Å². The van der Waals surface area contributed by atoms with Gasteiger partial charge in [-0.2, -0.15) is 0 Å². The van der Waals surface area contributed by atoms with Crippen molar-refractivity contribution in [1.82, 2.24) is 0 Å². The van der Waals surface area contributed by atoms with Gasteiger partial charge in [-0.1, -0.05) is 0 Å². The first-order chi connectivity index (χ1) is 10.2. The summed E-state index contributed by atoms with van der Waals surface area (Å²) >= 11 is 0. The van der Waals surface area contributed by atoms with Gasteiger partial charge in [0.25, 0.3) is 0 Å². The van der Waals surface area contributed by atoms with Crippen LogP contribution < -0.4 is 0 Å². The standard InChI is InChI=1S/C8H20N.6CO.Nb/c1-5-9(6-2,7-3)8-4;6*1-2;/h5-8H2,1-4H3;;;;;;;/q+1;;;;;;;-1. The van der Waals surface area contributed by atoms with Crippen molar-refractivity contribution in [2.24, 2.45) is 0 Å². The van der Waals surface area contributed by atoms with Crippen molar-refractivity contribution in [3.8, 4) is 0 Å². The molecular formula is C14H20NNbO6. The van der Waals surface area contributed by atoms with Crippen molar-refractivity contribution in [2.45, 2.75) is 27.7 Å². The van der Waals surface area contributed by atoms with Gasteiger partial charge in [-0.3, -0.25) is 0 Å². The summed E-state index contributed by atoms with van der Waals surface area (Å²) in [7, 11) is 0. The summed E-state index contributed by atoms with van der Waals surface area (Å²) in [5.41, 5.74) is 0. The fourth-order valence-electron chi connectivity index (χ4n) is 1.34. The van der Waals surface area contributed by atoms with E-state index < -0.39 is 0 Å². The molecule has 0 fully saturated rings. The van der Waals surface area contributed by atoms with Gasteiger partial charge in [-0.05, 0) is 27.7 Å². The molecule has 0 amide bonds. The molecule has 122 valence electrons. The molecule has 0 aliphatic heterocycles. The molecule has 0 radical (unpaired) electrons. The molecule has 7 nitrogen and oxygen atoms in total. The summed E-state index contributed by atoms with van der Waals surface area (Å²) in [6, 6.07) is 0. The minimum Gasteiger partial charge on any atom is -1.00 e. The molecule has 0 atom stereocenters. The van der Waals surface area contributed by atoms with E-state index in [1.165, 1.54) is 30.7 Å². The number of hydrogen-bond donors (Lipinski definition) is 0. The summed E-state index contributed by atoms with van der Waals surface area (Å²) < 4.78 is 46.3. The molecule has 0 aromatic rings. The molecule has 0 aliphatic carbocycles. The number of quaternary nitrogens is 1. The first-order valence-electron chi connectivity index (χ1n) is 5.32. The molecular weight excluding hydrogens is 371 g/mol. The number of nitrogens with zero attached hydrogens (tertiary/aromatic N) is 1. The quantitative estimate of drug-likeness (QED) is 0.300. The topological polar surface area (TPSA) is 119 Å². The molecule has 0 N–H and O–H groups in total. The van der Waals surface area contributed by atoms with Gasteiger partial charge in [0.05, 0.1) is 26.2 Å². The molecule has 0 aliphatic rings. The fourth-order valence-corrected chi connectivity index (χ4v) is 1.34. The van der Waals surface area contributed by atoms with Crippen molar-refractivity contribution in [3.63, 3.8) is 0 Å². The van der Waals surface area contributed by atoms with Crippen molar-refractivity contribution in [2.75, 3.05) is 26.2 Å². The van der Waals surface area contributed by atoms with E-state index in [0.717, 1.165) is 0 Å². The average molecular weight is 391 g/mol. The van der Waals surface area contributed by atoms with Gasteiger partial charge in [-0.25, -0.2) is 0 Å². The Bertz CT molecular complexity index is 200. The largest absolute Gasteiger partial charge is 1.00 e. The van der Waals surface area contributed by atoms with E-state index in [1.54, 1.807) is 0 Å². The first kappa shape index (κ1) is 49.7. The first-order valence-corrected chi connectivity index (χ1v) is 5.32. The Hall–Kier alpha value is -0.860. The Balaban J connectivity index is -0.0000000214. The van der Waals surface area contributed by atoms with E-state index in [1.807, 2.05) is 0 Å². The summed E-state index contributed by atoms with van der Waals surface area (Å²) in [5.74, 6) is 0. The van der Waals surface area contributed by atoms with E-state index in [2.05, 4.69) is 67.6 Å². The Kier molecular flexibility index (Phi) is 199. The molecule has 0 bridgehead atoms. The van der Waals surface area contributed by atoms with Crippen LogP contribution in [-0.2, 0) is 50.3 Å². The number of hydrogen-bond acceptors (Lipinski definition) is 0. The predicted octanol–water partition coefficient (Wildman–Crippen LogP) is 1.66. The van der Waals surface area contributed by atoms with Crippen LogP contribution >= 0.6 is 0 Å². The third-order valence-electron chi connectivity index (χ3n) is 2.68. The molecule has 0 saturated carbocycles. The summed E-state index contributed by atoms with van der Waals surface area (Å²) in [6.45, 7) is 41.2. The van der Waals surface area contributed by atoms with Gasteiger partial charge < -0.3 is 26.9 Å². The number of rotatable bonds is 4. The third-order valence-corrected chi connectivity index (χ3v) is 2.68. The zero-order valence-corrected chi connectivity index (χ0v) is 15.4. The minimum absolute atomic E-state index is 0. The fraction of sp³-hybridized carbons (Fsp3) is 0.571. The molecule has 0 heterocycles.